The Morgan fingerprint density at radius 2 is 1.29 bits per heavy atom. The predicted molar refractivity (Wildman–Crippen MR) is 69.7 cm³/mol. The lowest BCUT2D eigenvalue weighted by atomic mass is 10.3. The van der Waals surface area contributed by atoms with Crippen molar-refractivity contribution in [1.82, 2.24) is 9.80 Å². The number of nitrogens with zero attached hydrogens (tertiary/aromatic N) is 2. The maximum absolute atomic E-state index is 12.0. The lowest BCUT2D eigenvalue weighted by Gasteiger charge is -2.34. The van der Waals surface area contributed by atoms with Crippen molar-refractivity contribution in [1.29, 1.82) is 0 Å². The van der Waals surface area contributed by atoms with Crippen molar-refractivity contribution >= 4 is 37.2 Å². The molecular formula is C8H19Cl3F3N3. The van der Waals surface area contributed by atoms with E-state index in [-0.39, 0.29) is 37.2 Å². The van der Waals surface area contributed by atoms with Crippen LogP contribution in [-0.2, 0) is 0 Å². The van der Waals surface area contributed by atoms with Crippen LogP contribution in [-0.4, -0.2) is 61.8 Å². The van der Waals surface area contributed by atoms with Crippen molar-refractivity contribution in [3.63, 3.8) is 0 Å². The van der Waals surface area contributed by atoms with E-state index < -0.39 is 12.7 Å². The van der Waals surface area contributed by atoms with Crippen molar-refractivity contribution in [2.45, 2.75) is 6.18 Å². The zero-order valence-electron chi connectivity index (χ0n) is 9.28. The van der Waals surface area contributed by atoms with Gasteiger partial charge >= 0.3 is 6.18 Å². The van der Waals surface area contributed by atoms with Gasteiger partial charge in [0, 0.05) is 39.3 Å². The van der Waals surface area contributed by atoms with Crippen molar-refractivity contribution < 1.29 is 13.2 Å². The van der Waals surface area contributed by atoms with Gasteiger partial charge in [0.1, 0.15) is 0 Å². The summed E-state index contributed by atoms with van der Waals surface area (Å²) >= 11 is 0. The molecule has 2 N–H and O–H groups in total. The maximum atomic E-state index is 12.0. The van der Waals surface area contributed by atoms with E-state index in [4.69, 9.17) is 5.73 Å². The second-order valence-corrected chi connectivity index (χ2v) is 3.52. The number of piperazine rings is 1. The molecule has 1 heterocycles. The monoisotopic (exact) mass is 319 g/mol. The minimum atomic E-state index is -4.07. The average Bonchev–Trinajstić information content (AvgIpc) is 2.06. The molecule has 0 spiro atoms. The summed E-state index contributed by atoms with van der Waals surface area (Å²) in [6.07, 6.45) is -4.07. The molecule has 0 saturated carbocycles. The molecule has 0 aliphatic carbocycles. The highest BCUT2D eigenvalue weighted by Crippen LogP contribution is 2.17. The Balaban J connectivity index is -0.000000653. The summed E-state index contributed by atoms with van der Waals surface area (Å²) in [5.74, 6) is 0. The van der Waals surface area contributed by atoms with E-state index in [1.54, 1.807) is 0 Å². The summed E-state index contributed by atoms with van der Waals surface area (Å²) in [6, 6.07) is 0. The number of hydrogen-bond acceptors (Lipinski definition) is 3. The third kappa shape index (κ3) is 10.2. The fraction of sp³-hybridized carbons (Fsp3) is 1.00. The smallest absolute Gasteiger partial charge is 0.329 e. The third-order valence-electron chi connectivity index (χ3n) is 2.31. The predicted octanol–water partition coefficient (Wildman–Crippen LogP) is 1.39. The minimum Gasteiger partial charge on any atom is -0.329 e. The van der Waals surface area contributed by atoms with Gasteiger partial charge in [0.05, 0.1) is 6.54 Å². The van der Waals surface area contributed by atoms with Gasteiger partial charge in [-0.05, 0) is 0 Å². The van der Waals surface area contributed by atoms with Crippen molar-refractivity contribution in [3.05, 3.63) is 0 Å². The Labute approximate surface area is 118 Å². The van der Waals surface area contributed by atoms with E-state index in [2.05, 4.69) is 4.90 Å². The first-order chi connectivity index (χ1) is 6.51. The summed E-state index contributed by atoms with van der Waals surface area (Å²) < 4.78 is 36.0. The van der Waals surface area contributed by atoms with Crippen molar-refractivity contribution in [2.75, 3.05) is 45.8 Å². The summed E-state index contributed by atoms with van der Waals surface area (Å²) in [6.45, 7) is 2.90. The molecule has 0 aromatic rings. The van der Waals surface area contributed by atoms with Crippen molar-refractivity contribution in [2.24, 2.45) is 5.73 Å². The molecule has 0 aromatic heterocycles. The Bertz CT molecular complexity index is 175. The van der Waals surface area contributed by atoms with E-state index in [0.29, 0.717) is 32.7 Å². The number of alkyl halides is 3. The lowest BCUT2D eigenvalue weighted by molar-refractivity contribution is -0.149. The molecule has 1 fully saturated rings. The molecule has 0 unspecified atom stereocenters. The summed E-state index contributed by atoms with van der Waals surface area (Å²) in [4.78, 5) is 3.53. The van der Waals surface area contributed by atoms with Crippen molar-refractivity contribution in [3.8, 4) is 0 Å². The van der Waals surface area contributed by atoms with Crippen LogP contribution in [0, 0.1) is 0 Å². The third-order valence-corrected chi connectivity index (χ3v) is 2.31. The molecule has 0 amide bonds. The highest BCUT2D eigenvalue weighted by atomic mass is 35.5. The molecule has 1 rings (SSSR count). The van der Waals surface area contributed by atoms with E-state index in [0.717, 1.165) is 6.54 Å². The number of rotatable bonds is 3. The second kappa shape index (κ2) is 10.5. The van der Waals surface area contributed by atoms with Crippen LogP contribution in [0.5, 0.6) is 0 Å². The highest BCUT2D eigenvalue weighted by Gasteiger charge is 2.31. The van der Waals surface area contributed by atoms with Crippen LogP contribution >= 0.6 is 37.2 Å². The fourth-order valence-corrected chi connectivity index (χ4v) is 1.61. The molecular weight excluding hydrogens is 301 g/mol. The zero-order valence-corrected chi connectivity index (χ0v) is 11.7. The topological polar surface area (TPSA) is 32.5 Å². The van der Waals surface area contributed by atoms with Crippen LogP contribution in [0.3, 0.4) is 0 Å². The summed E-state index contributed by atoms with van der Waals surface area (Å²) in [5, 5.41) is 0. The number of nitrogens with two attached hydrogens (primary N) is 1. The van der Waals surface area contributed by atoms with E-state index >= 15 is 0 Å². The molecule has 17 heavy (non-hydrogen) atoms. The Kier molecular flexibility index (Phi) is 14.0. The van der Waals surface area contributed by atoms with Crippen LogP contribution in [0.1, 0.15) is 0 Å². The normalized spacial score (nSPS) is 17.6. The molecule has 9 heteroatoms. The van der Waals surface area contributed by atoms with Gasteiger partial charge in [-0.15, -0.1) is 37.2 Å². The molecule has 3 nitrogen and oxygen atoms in total. The fourth-order valence-electron chi connectivity index (χ4n) is 1.61. The van der Waals surface area contributed by atoms with Gasteiger partial charge in [-0.1, -0.05) is 0 Å². The van der Waals surface area contributed by atoms with Gasteiger partial charge in [-0.25, -0.2) is 0 Å². The first-order valence-electron chi connectivity index (χ1n) is 4.73. The highest BCUT2D eigenvalue weighted by molar-refractivity contribution is 5.86. The Morgan fingerprint density at radius 1 is 0.882 bits per heavy atom. The van der Waals surface area contributed by atoms with E-state index in [1.807, 2.05) is 0 Å². The first kappa shape index (κ1) is 22.7. The molecule has 0 radical (unpaired) electrons. The quantitative estimate of drug-likeness (QED) is 0.853. The molecule has 1 saturated heterocycles. The van der Waals surface area contributed by atoms with Gasteiger partial charge in [0.2, 0.25) is 0 Å². The Hall–Kier alpha value is 0.540. The average molecular weight is 321 g/mol. The largest absolute Gasteiger partial charge is 0.401 e. The Morgan fingerprint density at radius 3 is 1.65 bits per heavy atom. The van der Waals surface area contributed by atoms with E-state index in [9.17, 15) is 13.2 Å². The van der Waals surface area contributed by atoms with Gasteiger partial charge in [-0.3, -0.25) is 9.80 Å². The summed E-state index contributed by atoms with van der Waals surface area (Å²) in [7, 11) is 0. The second-order valence-electron chi connectivity index (χ2n) is 3.52. The van der Waals surface area contributed by atoms with Gasteiger partial charge in [0.15, 0.2) is 0 Å². The molecule has 0 bridgehead atoms. The standard InChI is InChI=1S/C8H16F3N3.3ClH/c9-8(10,11)7-14-5-3-13(2-1-12)4-6-14;;;/h1-7,12H2;3*1H. The molecule has 1 aliphatic heterocycles. The maximum Gasteiger partial charge on any atom is 0.401 e. The van der Waals surface area contributed by atoms with Crippen LogP contribution in [0.4, 0.5) is 13.2 Å². The zero-order chi connectivity index (χ0) is 10.6. The molecule has 0 atom stereocenters. The van der Waals surface area contributed by atoms with Gasteiger partial charge in [0.25, 0.3) is 0 Å². The first-order valence-corrected chi connectivity index (χ1v) is 4.73. The van der Waals surface area contributed by atoms with Crippen LogP contribution < -0.4 is 5.73 Å². The number of hydrogen-bond donors (Lipinski definition) is 1. The minimum absolute atomic E-state index is 0. The number of halogens is 6. The SMILES string of the molecule is Cl.Cl.Cl.NCCN1CCN(CC(F)(F)F)CC1. The molecule has 1 aliphatic rings. The van der Waals surface area contributed by atoms with Gasteiger partial charge < -0.3 is 5.73 Å². The molecule has 0 aromatic carbocycles. The summed E-state index contributed by atoms with van der Waals surface area (Å²) in [5.41, 5.74) is 5.36. The lowest BCUT2D eigenvalue weighted by Crippen LogP contribution is -2.50. The van der Waals surface area contributed by atoms with Gasteiger partial charge in [-0.2, -0.15) is 13.2 Å². The molecule has 108 valence electrons. The van der Waals surface area contributed by atoms with Crippen LogP contribution in [0.15, 0.2) is 0 Å². The van der Waals surface area contributed by atoms with E-state index in [1.165, 1.54) is 4.90 Å². The van der Waals surface area contributed by atoms with Crippen LogP contribution in [0.25, 0.3) is 0 Å². The van der Waals surface area contributed by atoms with Crippen LogP contribution in [0.2, 0.25) is 0 Å².